The molecule has 0 saturated carbocycles. The van der Waals surface area contributed by atoms with Gasteiger partial charge < -0.3 is 21.9 Å². The Bertz CT molecular complexity index is 253. The largest absolute Gasteiger partial charge is 2.00 e. The van der Waals surface area contributed by atoms with E-state index in [1.807, 2.05) is 18.2 Å². The molecule has 0 spiro atoms. The van der Waals surface area contributed by atoms with Crippen LogP contribution in [0.15, 0.2) is 18.2 Å². The van der Waals surface area contributed by atoms with Crippen molar-refractivity contribution >= 4 is 0 Å². The van der Waals surface area contributed by atoms with E-state index >= 15 is 0 Å². The number of rotatable bonds is 2. The maximum atomic E-state index is 5.08. The first-order valence-electron chi connectivity index (χ1n) is 3.32. The molecule has 0 N–H and O–H groups in total. The van der Waals surface area contributed by atoms with E-state index in [1.165, 1.54) is 0 Å². The molecule has 0 radical (unpaired) electrons. The Labute approximate surface area is 97.8 Å². The van der Waals surface area contributed by atoms with Gasteiger partial charge in [-0.25, -0.2) is 0 Å². The van der Waals surface area contributed by atoms with Crippen LogP contribution < -0.4 is 21.9 Å². The van der Waals surface area contributed by atoms with Crippen molar-refractivity contribution in [1.29, 1.82) is 0 Å². The van der Waals surface area contributed by atoms with Crippen LogP contribution >= 0.6 is 0 Å². The van der Waals surface area contributed by atoms with Crippen LogP contribution in [0.2, 0.25) is 0 Å². The zero-order valence-corrected chi connectivity index (χ0v) is 11.6. The normalized spacial score (nSPS) is 7.85. The molecule has 0 fully saturated rings. The van der Waals surface area contributed by atoms with Crippen LogP contribution in [0.5, 0.6) is 11.5 Å². The first-order chi connectivity index (χ1) is 5.29. The summed E-state index contributed by atoms with van der Waals surface area (Å²) >= 11 is 0. The van der Waals surface area contributed by atoms with Gasteiger partial charge in [-0.3, -0.25) is 0 Å². The zero-order valence-electron chi connectivity index (χ0n) is 7.84. The molecule has 1 aromatic rings. The summed E-state index contributed by atoms with van der Waals surface area (Å²) in [6, 6.07) is 5.60. The number of halogens is 1. The fourth-order valence-corrected chi connectivity index (χ4v) is 0.954. The first kappa shape index (κ1) is 15.1. The molecule has 0 aliphatic heterocycles. The molecule has 0 heterocycles. The van der Waals surface area contributed by atoms with E-state index in [2.05, 4.69) is 6.92 Å². The molecule has 0 bridgehead atoms. The number of hydrogen-bond donors (Lipinski definition) is 0. The van der Waals surface area contributed by atoms with E-state index < -0.39 is 0 Å². The Morgan fingerprint density at radius 3 is 2.15 bits per heavy atom. The van der Waals surface area contributed by atoms with Gasteiger partial charge >= 0.3 is 19.5 Å². The number of para-hydroxylation sites is 1. The summed E-state index contributed by atoms with van der Waals surface area (Å²) in [7, 11) is 3.21. The molecule has 0 atom stereocenters. The summed E-state index contributed by atoms with van der Waals surface area (Å²) in [5, 5.41) is 0. The average Bonchev–Trinajstić information content (AvgIpc) is 2.04. The minimum atomic E-state index is 0. The molecular weight excluding hydrogens is 241 g/mol. The second kappa shape index (κ2) is 7.05. The van der Waals surface area contributed by atoms with Crippen molar-refractivity contribution in [2.24, 2.45) is 0 Å². The van der Waals surface area contributed by atoms with Gasteiger partial charge in [-0.1, -0.05) is 0 Å². The second-order valence-electron chi connectivity index (χ2n) is 2.15. The van der Waals surface area contributed by atoms with Crippen LogP contribution in [0.1, 0.15) is 5.56 Å². The summed E-state index contributed by atoms with van der Waals surface area (Å²) in [5.41, 5.74) is 0.840. The van der Waals surface area contributed by atoms with Gasteiger partial charge in [-0.2, -0.15) is 18.6 Å². The molecule has 0 amide bonds. The van der Waals surface area contributed by atoms with Crippen molar-refractivity contribution < 1.29 is 41.4 Å². The topological polar surface area (TPSA) is 18.5 Å². The van der Waals surface area contributed by atoms with E-state index in [-0.39, 0.29) is 31.9 Å². The van der Waals surface area contributed by atoms with E-state index in [4.69, 9.17) is 9.47 Å². The third-order valence-corrected chi connectivity index (χ3v) is 1.48. The maximum Gasteiger partial charge on any atom is 2.00 e. The average molecular weight is 252 g/mol. The van der Waals surface area contributed by atoms with Gasteiger partial charge in [0, 0.05) is 0 Å². The van der Waals surface area contributed by atoms with Gasteiger partial charge in [-0.15, -0.1) is 6.07 Å². The number of hydrogen-bond acceptors (Lipinski definition) is 2. The predicted molar refractivity (Wildman–Crippen MR) is 44.0 cm³/mol. The van der Waals surface area contributed by atoms with Gasteiger partial charge in [0.05, 0.1) is 20.0 Å². The Morgan fingerprint density at radius 1 is 1.15 bits per heavy atom. The summed E-state index contributed by atoms with van der Waals surface area (Å²) in [6.07, 6.45) is 0. The minimum absolute atomic E-state index is 0. The number of benzene rings is 1. The standard InChI is InChI=1S/C9H11O2.ClH.Zn/c1-7-5-4-6-8(10-2)9(7)11-3;;/h4-6H,1H2,2-3H3;1H;/q-1;;+2/p-1. The molecule has 68 valence electrons. The fraction of sp³-hybridized carbons (Fsp3) is 0.222. The summed E-state index contributed by atoms with van der Waals surface area (Å²) in [5.74, 6) is 1.43. The molecule has 1 aromatic carbocycles. The van der Waals surface area contributed by atoms with E-state index in [0.717, 1.165) is 11.3 Å². The molecule has 2 nitrogen and oxygen atoms in total. The van der Waals surface area contributed by atoms with Crippen LogP contribution in [0.3, 0.4) is 0 Å². The summed E-state index contributed by atoms with van der Waals surface area (Å²) in [4.78, 5) is 0. The first-order valence-corrected chi connectivity index (χ1v) is 3.32. The fourth-order valence-electron chi connectivity index (χ4n) is 0.954. The van der Waals surface area contributed by atoms with Crippen LogP contribution in [-0.4, -0.2) is 14.2 Å². The summed E-state index contributed by atoms with van der Waals surface area (Å²) < 4.78 is 10.1. The van der Waals surface area contributed by atoms with E-state index in [9.17, 15) is 0 Å². The molecular formula is C9H11ClO2Zn. The molecule has 13 heavy (non-hydrogen) atoms. The van der Waals surface area contributed by atoms with Crippen LogP contribution in [-0.2, 0) is 19.5 Å². The third kappa shape index (κ3) is 3.45. The second-order valence-corrected chi connectivity index (χ2v) is 2.15. The molecule has 1 rings (SSSR count). The van der Waals surface area contributed by atoms with E-state index in [0.29, 0.717) is 5.75 Å². The Morgan fingerprint density at radius 2 is 1.77 bits per heavy atom. The van der Waals surface area contributed by atoms with Gasteiger partial charge in [0.15, 0.2) is 0 Å². The van der Waals surface area contributed by atoms with Crippen molar-refractivity contribution in [1.82, 2.24) is 0 Å². The van der Waals surface area contributed by atoms with Gasteiger partial charge in [0.2, 0.25) is 0 Å². The Hall–Kier alpha value is -0.397. The molecule has 0 aliphatic rings. The van der Waals surface area contributed by atoms with Gasteiger partial charge in [-0.05, 0) is 6.07 Å². The quantitative estimate of drug-likeness (QED) is 0.490. The summed E-state index contributed by atoms with van der Waals surface area (Å²) in [6.45, 7) is 3.79. The minimum Gasteiger partial charge on any atom is -1.00 e. The van der Waals surface area contributed by atoms with Crippen LogP contribution in [0, 0.1) is 6.92 Å². The number of methoxy groups -OCH3 is 2. The smallest absolute Gasteiger partial charge is 1.00 e. The Balaban J connectivity index is 0. The monoisotopic (exact) mass is 250 g/mol. The Kier molecular flexibility index (Phi) is 8.18. The van der Waals surface area contributed by atoms with Crippen molar-refractivity contribution in [2.75, 3.05) is 14.2 Å². The van der Waals surface area contributed by atoms with Gasteiger partial charge in [0.25, 0.3) is 0 Å². The van der Waals surface area contributed by atoms with E-state index in [1.54, 1.807) is 14.2 Å². The third-order valence-electron chi connectivity index (χ3n) is 1.48. The molecule has 0 saturated heterocycles. The van der Waals surface area contributed by atoms with Crippen LogP contribution in [0.25, 0.3) is 0 Å². The van der Waals surface area contributed by atoms with Crippen LogP contribution in [0.4, 0.5) is 0 Å². The zero-order chi connectivity index (χ0) is 8.27. The molecule has 0 aromatic heterocycles. The van der Waals surface area contributed by atoms with Crippen molar-refractivity contribution in [3.8, 4) is 11.5 Å². The maximum absolute atomic E-state index is 5.08. The number of ether oxygens (including phenoxy) is 2. The van der Waals surface area contributed by atoms with Crippen molar-refractivity contribution in [3.63, 3.8) is 0 Å². The van der Waals surface area contributed by atoms with Crippen molar-refractivity contribution in [2.45, 2.75) is 0 Å². The molecule has 0 unspecified atom stereocenters. The predicted octanol–water partition coefficient (Wildman–Crippen LogP) is -1.11. The van der Waals surface area contributed by atoms with Gasteiger partial charge in [0.1, 0.15) is 5.75 Å². The molecule has 4 heteroatoms. The SMILES string of the molecule is [CH2-]c1cccc(OC)c1OC.[Cl-].[Zn+2]. The molecule has 0 aliphatic carbocycles. The van der Waals surface area contributed by atoms with Crippen molar-refractivity contribution in [3.05, 3.63) is 30.7 Å².